The molecule has 0 fully saturated rings. The number of hydrogen-bond acceptors (Lipinski definition) is 4. The zero-order chi connectivity index (χ0) is 23.7. The van der Waals surface area contributed by atoms with Gasteiger partial charge in [0.15, 0.2) is 0 Å². The van der Waals surface area contributed by atoms with Gasteiger partial charge in [-0.1, -0.05) is 6.07 Å². The number of alkyl halides is 3. The van der Waals surface area contributed by atoms with Gasteiger partial charge in [0.25, 0.3) is 0 Å². The van der Waals surface area contributed by atoms with E-state index in [1.807, 2.05) is 32.0 Å². The number of carboxylic acids is 1. The number of benzene rings is 2. The van der Waals surface area contributed by atoms with Crippen molar-refractivity contribution in [1.29, 1.82) is 0 Å². The lowest BCUT2D eigenvalue weighted by atomic mass is 9.84. The number of nitrogens with zero attached hydrogens (tertiary/aromatic N) is 3. The fourth-order valence-corrected chi connectivity index (χ4v) is 4.10. The van der Waals surface area contributed by atoms with Crippen LogP contribution in [0.25, 0.3) is 5.69 Å². The second-order valence-electron chi connectivity index (χ2n) is 8.31. The quantitative estimate of drug-likeness (QED) is 0.445. The normalized spacial score (nSPS) is 12.2. The van der Waals surface area contributed by atoms with E-state index >= 15 is 0 Å². The van der Waals surface area contributed by atoms with E-state index in [9.17, 15) is 23.1 Å². The van der Waals surface area contributed by atoms with Crippen molar-refractivity contribution in [1.82, 2.24) is 15.0 Å². The van der Waals surface area contributed by atoms with E-state index in [2.05, 4.69) is 10.2 Å². The number of aromatic nitrogens is 3. The lowest BCUT2D eigenvalue weighted by Crippen LogP contribution is -2.26. The van der Waals surface area contributed by atoms with E-state index in [4.69, 9.17) is 0 Å². The third-order valence-corrected chi connectivity index (χ3v) is 6.21. The Balaban J connectivity index is 1.70. The smallest absolute Gasteiger partial charge is 0.416 e. The lowest BCUT2D eigenvalue weighted by molar-refractivity contribution is -0.146. The first-order chi connectivity index (χ1) is 14.9. The predicted molar refractivity (Wildman–Crippen MR) is 117 cm³/mol. The Morgan fingerprint density at radius 2 is 1.72 bits per heavy atom. The molecule has 1 heterocycles. The lowest BCUT2D eigenvalue weighted by Gasteiger charge is -2.20. The first-order valence-corrected chi connectivity index (χ1v) is 10.9. The molecule has 170 valence electrons. The van der Waals surface area contributed by atoms with Crippen molar-refractivity contribution in [2.45, 2.75) is 50.9 Å². The largest absolute Gasteiger partial charge is 0.481 e. The van der Waals surface area contributed by atoms with Crippen LogP contribution in [0.5, 0.6) is 0 Å². The zero-order valence-corrected chi connectivity index (χ0v) is 19.0. The van der Waals surface area contributed by atoms with E-state index in [0.29, 0.717) is 23.6 Å². The van der Waals surface area contributed by atoms with Crippen molar-refractivity contribution < 1.29 is 23.1 Å². The van der Waals surface area contributed by atoms with E-state index in [1.165, 1.54) is 16.9 Å². The molecule has 1 aromatic heterocycles. The van der Waals surface area contributed by atoms with E-state index in [0.717, 1.165) is 33.8 Å². The fraction of sp³-hybridized carbons (Fsp3) is 0.348. The second kappa shape index (κ2) is 8.97. The minimum absolute atomic E-state index is 0.444. The Bertz CT molecular complexity index is 1120. The summed E-state index contributed by atoms with van der Waals surface area (Å²) in [6, 6.07) is 10.7. The van der Waals surface area contributed by atoms with Crippen LogP contribution in [-0.2, 0) is 23.1 Å². The molecular formula is C23H24F3N3O2S. The van der Waals surface area contributed by atoms with Gasteiger partial charge in [0.1, 0.15) is 0 Å². The summed E-state index contributed by atoms with van der Waals surface area (Å²) in [5.74, 6) is -0.284. The van der Waals surface area contributed by atoms with Gasteiger partial charge in [-0.3, -0.25) is 4.79 Å². The predicted octanol–water partition coefficient (Wildman–Crippen LogP) is 5.85. The Hall–Kier alpha value is -2.81. The van der Waals surface area contributed by atoms with Crippen molar-refractivity contribution in [3.8, 4) is 5.69 Å². The minimum Gasteiger partial charge on any atom is -0.481 e. The SMILES string of the molecule is Cc1cc(SCc2nn(-c3ccc(C(F)(F)F)cc3)nc2C)ccc1CC(C)(C)C(=O)O. The summed E-state index contributed by atoms with van der Waals surface area (Å²) in [5.41, 5.74) is 2.36. The zero-order valence-electron chi connectivity index (χ0n) is 18.2. The monoisotopic (exact) mass is 463 g/mol. The third-order valence-electron chi connectivity index (χ3n) is 5.20. The van der Waals surface area contributed by atoms with E-state index < -0.39 is 23.1 Å². The Labute approximate surface area is 188 Å². The maximum Gasteiger partial charge on any atom is 0.416 e. The Morgan fingerprint density at radius 1 is 1.06 bits per heavy atom. The van der Waals surface area contributed by atoms with Gasteiger partial charge in [0.05, 0.1) is 28.1 Å². The molecule has 2 aromatic carbocycles. The molecular weight excluding hydrogens is 439 g/mol. The van der Waals surface area contributed by atoms with Crippen LogP contribution in [0.3, 0.4) is 0 Å². The Kier molecular flexibility index (Phi) is 6.69. The highest BCUT2D eigenvalue weighted by molar-refractivity contribution is 7.98. The molecule has 0 aliphatic rings. The fourth-order valence-electron chi connectivity index (χ4n) is 3.10. The summed E-state index contributed by atoms with van der Waals surface area (Å²) < 4.78 is 38.3. The van der Waals surface area contributed by atoms with Crippen LogP contribution >= 0.6 is 11.8 Å². The molecule has 0 saturated heterocycles. The number of aliphatic carboxylic acids is 1. The first-order valence-electron chi connectivity index (χ1n) is 9.93. The summed E-state index contributed by atoms with van der Waals surface area (Å²) >= 11 is 1.57. The molecule has 3 rings (SSSR count). The van der Waals surface area contributed by atoms with Crippen molar-refractivity contribution in [3.05, 3.63) is 70.5 Å². The highest BCUT2D eigenvalue weighted by Crippen LogP contribution is 2.31. The maximum atomic E-state index is 12.8. The average Bonchev–Trinajstić information content (AvgIpc) is 3.08. The van der Waals surface area contributed by atoms with Crippen LogP contribution in [0.2, 0.25) is 0 Å². The number of halogens is 3. The van der Waals surface area contributed by atoms with Crippen LogP contribution in [-0.4, -0.2) is 26.1 Å². The summed E-state index contributed by atoms with van der Waals surface area (Å²) in [7, 11) is 0. The minimum atomic E-state index is -4.38. The third kappa shape index (κ3) is 5.51. The molecule has 0 spiro atoms. The van der Waals surface area contributed by atoms with E-state index in [1.54, 1.807) is 25.6 Å². The van der Waals surface area contributed by atoms with Gasteiger partial charge in [-0.05, 0) is 81.6 Å². The molecule has 0 aliphatic heterocycles. The van der Waals surface area contributed by atoms with Gasteiger partial charge in [-0.2, -0.15) is 28.2 Å². The molecule has 0 unspecified atom stereocenters. The summed E-state index contributed by atoms with van der Waals surface area (Å²) in [6.45, 7) is 7.19. The molecule has 0 bridgehead atoms. The average molecular weight is 464 g/mol. The Morgan fingerprint density at radius 3 is 2.28 bits per heavy atom. The second-order valence-corrected chi connectivity index (χ2v) is 9.36. The molecule has 0 amide bonds. The number of thioether (sulfide) groups is 1. The standard InChI is InChI=1S/C23H24F3N3O2S/c1-14-11-19(10-5-16(14)12-22(3,4)21(30)31)32-13-20-15(2)27-29(28-20)18-8-6-17(7-9-18)23(24,25)26/h5-11H,12-13H2,1-4H3,(H,30,31). The molecule has 0 radical (unpaired) electrons. The van der Waals surface area contributed by atoms with Crippen LogP contribution in [0.15, 0.2) is 47.4 Å². The van der Waals surface area contributed by atoms with Gasteiger partial charge in [0, 0.05) is 10.6 Å². The number of carbonyl (C=O) groups is 1. The van der Waals surface area contributed by atoms with Crippen LogP contribution in [0, 0.1) is 19.3 Å². The molecule has 1 N–H and O–H groups in total. The first kappa shape index (κ1) is 23.8. The molecule has 0 atom stereocenters. The molecule has 9 heteroatoms. The topological polar surface area (TPSA) is 68.0 Å². The molecule has 0 saturated carbocycles. The van der Waals surface area contributed by atoms with Crippen LogP contribution in [0.1, 0.15) is 41.9 Å². The van der Waals surface area contributed by atoms with Gasteiger partial charge < -0.3 is 5.11 Å². The molecule has 5 nitrogen and oxygen atoms in total. The molecule has 0 aliphatic carbocycles. The van der Waals surface area contributed by atoms with Crippen molar-refractivity contribution in [2.75, 3.05) is 0 Å². The highest BCUT2D eigenvalue weighted by Gasteiger charge is 2.30. The summed E-state index contributed by atoms with van der Waals surface area (Å²) in [5, 5.41) is 18.1. The van der Waals surface area contributed by atoms with Gasteiger partial charge in [-0.15, -0.1) is 11.8 Å². The number of aryl methyl sites for hydroxylation is 2. The highest BCUT2D eigenvalue weighted by atomic mass is 32.2. The van der Waals surface area contributed by atoms with Crippen molar-refractivity contribution >= 4 is 17.7 Å². The van der Waals surface area contributed by atoms with Gasteiger partial charge in [-0.25, -0.2) is 0 Å². The summed E-state index contributed by atoms with van der Waals surface area (Å²) in [4.78, 5) is 13.7. The van der Waals surface area contributed by atoms with Crippen molar-refractivity contribution in [2.24, 2.45) is 5.41 Å². The van der Waals surface area contributed by atoms with E-state index in [-0.39, 0.29) is 0 Å². The maximum absolute atomic E-state index is 12.8. The number of rotatable bonds is 7. The number of carboxylic acid groups (broad SMARTS) is 1. The molecule has 3 aromatic rings. The number of hydrogen-bond donors (Lipinski definition) is 1. The summed E-state index contributed by atoms with van der Waals surface area (Å²) in [6.07, 6.45) is -3.94. The van der Waals surface area contributed by atoms with Crippen molar-refractivity contribution in [3.63, 3.8) is 0 Å². The van der Waals surface area contributed by atoms with Gasteiger partial charge >= 0.3 is 12.1 Å². The molecule has 32 heavy (non-hydrogen) atoms. The van der Waals surface area contributed by atoms with Crippen LogP contribution in [0.4, 0.5) is 13.2 Å². The van der Waals surface area contributed by atoms with Crippen LogP contribution < -0.4 is 0 Å². The van der Waals surface area contributed by atoms with Gasteiger partial charge in [0.2, 0.25) is 0 Å².